The normalized spacial score (nSPS) is 11.2. The van der Waals surface area contributed by atoms with E-state index in [1.165, 1.54) is 0 Å². The summed E-state index contributed by atoms with van der Waals surface area (Å²) in [6.45, 7) is -0.683. The van der Waals surface area contributed by atoms with Gasteiger partial charge in [-0.3, -0.25) is 0 Å². The molecule has 2 rings (SSSR count). The Morgan fingerprint density at radius 2 is 1.44 bits per heavy atom. The molecule has 0 saturated carbocycles. The van der Waals surface area contributed by atoms with E-state index in [4.69, 9.17) is 0 Å². The van der Waals surface area contributed by atoms with Crippen molar-refractivity contribution in [2.45, 2.75) is 0 Å². The zero-order valence-corrected chi connectivity index (χ0v) is 11.2. The van der Waals surface area contributed by atoms with Crippen LogP contribution in [0.5, 0.6) is 0 Å². The van der Waals surface area contributed by atoms with E-state index in [1.807, 2.05) is 60.7 Å². The second kappa shape index (κ2) is 5.81. The molecule has 0 heterocycles. The number of hydrogen-bond donors (Lipinski definition) is 1. The third-order valence-corrected chi connectivity index (χ3v) is 3.91. The van der Waals surface area contributed by atoms with E-state index in [0.717, 1.165) is 11.4 Å². The number of hydrogen-bond acceptors (Lipinski definition) is 1. The Balaban J connectivity index is 2.09. The van der Waals surface area contributed by atoms with Crippen molar-refractivity contribution in [1.29, 1.82) is 0 Å². The van der Waals surface area contributed by atoms with E-state index in [-0.39, 0.29) is 0 Å². The van der Waals surface area contributed by atoms with Crippen molar-refractivity contribution in [2.75, 3.05) is 5.09 Å². The predicted octanol–water partition coefficient (Wildman–Crippen LogP) is 4.09. The summed E-state index contributed by atoms with van der Waals surface area (Å²) in [6, 6.07) is 20.1. The van der Waals surface area contributed by atoms with E-state index in [9.17, 15) is 0 Å². The van der Waals surface area contributed by atoms with Crippen molar-refractivity contribution in [3.8, 4) is 0 Å². The van der Waals surface area contributed by atoms with Crippen molar-refractivity contribution >= 4 is 33.5 Å². The fourth-order valence-corrected chi connectivity index (χ4v) is 3.27. The Labute approximate surface area is 104 Å². The molecular formula is C12H11N2PSe+. The third kappa shape index (κ3) is 3.46. The molecule has 1 unspecified atom stereocenters. The van der Waals surface area contributed by atoms with Gasteiger partial charge in [0.05, 0.1) is 0 Å². The van der Waals surface area contributed by atoms with Crippen LogP contribution in [0.2, 0.25) is 0 Å². The Morgan fingerprint density at radius 3 is 2.06 bits per heavy atom. The average Bonchev–Trinajstić information content (AvgIpc) is 2.31. The maximum atomic E-state index is 4.55. The first-order valence-electron chi connectivity index (χ1n) is 4.90. The average molecular weight is 293 g/mol. The van der Waals surface area contributed by atoms with Crippen LogP contribution in [0.1, 0.15) is 0 Å². The zero-order chi connectivity index (χ0) is 11.2. The van der Waals surface area contributed by atoms with E-state index >= 15 is 0 Å². The predicted molar refractivity (Wildman–Crippen MR) is 71.3 cm³/mol. The first-order valence-corrected chi connectivity index (χ1v) is 8.41. The molecule has 0 fully saturated rings. The van der Waals surface area contributed by atoms with Crippen molar-refractivity contribution < 1.29 is 0 Å². The number of rotatable bonds is 3. The molecule has 2 aromatic carbocycles. The van der Waals surface area contributed by atoms with Crippen LogP contribution in [-0.2, 0) is 0 Å². The standard InChI is InChI=1S/C12H11N2PSe/c16-15(13-11-7-3-1-4-8-11)14-12-9-5-2-6-10-12/h1-10H,(H,13,14)/q+1. The Bertz CT molecular complexity index is 471. The second-order valence-electron chi connectivity index (χ2n) is 3.19. The van der Waals surface area contributed by atoms with Crippen LogP contribution in [0.25, 0.3) is 0 Å². The summed E-state index contributed by atoms with van der Waals surface area (Å²) < 4.78 is 4.55. The molecule has 0 aliphatic heterocycles. The topological polar surface area (TPSA) is 24.4 Å². The van der Waals surface area contributed by atoms with Crippen LogP contribution in [0.3, 0.4) is 0 Å². The molecule has 4 heteroatoms. The van der Waals surface area contributed by atoms with Crippen LogP contribution in [0.15, 0.2) is 65.4 Å². The molecule has 2 aromatic rings. The molecule has 0 amide bonds. The zero-order valence-electron chi connectivity index (χ0n) is 8.58. The van der Waals surface area contributed by atoms with E-state index in [2.05, 4.69) is 25.4 Å². The first kappa shape index (κ1) is 11.3. The number of benzene rings is 2. The van der Waals surface area contributed by atoms with Crippen LogP contribution < -0.4 is 5.09 Å². The molecule has 0 aliphatic carbocycles. The van der Waals surface area contributed by atoms with Gasteiger partial charge in [-0.25, -0.2) is 0 Å². The fourth-order valence-electron chi connectivity index (χ4n) is 1.25. The van der Waals surface area contributed by atoms with Crippen molar-refractivity contribution in [3.05, 3.63) is 60.7 Å². The Kier molecular flexibility index (Phi) is 4.12. The molecule has 0 aromatic heterocycles. The van der Waals surface area contributed by atoms with Gasteiger partial charge in [-0.1, -0.05) is 0 Å². The molecule has 16 heavy (non-hydrogen) atoms. The molecule has 0 saturated heterocycles. The summed E-state index contributed by atoms with van der Waals surface area (Å²) in [5.41, 5.74) is 2.09. The van der Waals surface area contributed by atoms with E-state index in [0.29, 0.717) is 0 Å². The van der Waals surface area contributed by atoms with Crippen molar-refractivity contribution in [3.63, 3.8) is 0 Å². The van der Waals surface area contributed by atoms with Crippen LogP contribution in [0.4, 0.5) is 11.4 Å². The summed E-state index contributed by atoms with van der Waals surface area (Å²) >= 11 is 3.06. The van der Waals surface area contributed by atoms with Crippen LogP contribution in [0, 0.1) is 0 Å². The molecule has 79 valence electrons. The van der Waals surface area contributed by atoms with Gasteiger partial charge in [-0.05, 0) is 0 Å². The quantitative estimate of drug-likeness (QED) is 0.669. The minimum atomic E-state index is -0.683. The molecule has 1 N–H and O–H groups in total. The maximum absolute atomic E-state index is 4.55. The van der Waals surface area contributed by atoms with E-state index in [1.54, 1.807) is 0 Å². The number of nitrogens with one attached hydrogen (secondary N) is 1. The number of anilines is 1. The van der Waals surface area contributed by atoms with Crippen LogP contribution in [-0.4, -0.2) is 15.6 Å². The van der Waals surface area contributed by atoms with Crippen molar-refractivity contribution in [2.24, 2.45) is 4.74 Å². The number of nitrogens with zero attached hydrogens (tertiary/aromatic N) is 1. The molecule has 0 spiro atoms. The summed E-state index contributed by atoms with van der Waals surface area (Å²) in [6.07, 6.45) is 0. The molecule has 1 radical (unpaired) electrons. The van der Waals surface area contributed by atoms with E-state index < -0.39 is 6.55 Å². The molecular weight excluding hydrogens is 282 g/mol. The minimum absolute atomic E-state index is 0.683. The van der Waals surface area contributed by atoms with Gasteiger partial charge in [0.1, 0.15) is 0 Å². The molecule has 0 bridgehead atoms. The summed E-state index contributed by atoms with van der Waals surface area (Å²) in [5.74, 6) is 0. The second-order valence-corrected chi connectivity index (χ2v) is 6.33. The van der Waals surface area contributed by atoms with Gasteiger partial charge in [0.25, 0.3) is 0 Å². The van der Waals surface area contributed by atoms with Gasteiger partial charge >= 0.3 is 104 Å². The summed E-state index contributed by atoms with van der Waals surface area (Å²) in [7, 11) is 0. The molecule has 0 aliphatic rings. The summed E-state index contributed by atoms with van der Waals surface area (Å²) in [4.78, 5) is 0. The van der Waals surface area contributed by atoms with Gasteiger partial charge in [0, 0.05) is 0 Å². The van der Waals surface area contributed by atoms with Crippen molar-refractivity contribution in [1.82, 2.24) is 0 Å². The Morgan fingerprint density at radius 1 is 0.875 bits per heavy atom. The Hall–Kier alpha value is -1.14. The van der Waals surface area contributed by atoms with Gasteiger partial charge in [-0.15, -0.1) is 0 Å². The monoisotopic (exact) mass is 294 g/mol. The van der Waals surface area contributed by atoms with Gasteiger partial charge in [-0.2, -0.15) is 0 Å². The van der Waals surface area contributed by atoms with Crippen LogP contribution >= 0.6 is 6.55 Å². The fraction of sp³-hybridized carbons (Fsp3) is 0. The number of para-hydroxylation sites is 1. The third-order valence-electron chi connectivity index (χ3n) is 1.96. The molecule has 2 nitrogen and oxygen atoms in total. The first-order chi connectivity index (χ1) is 7.84. The molecule has 1 atom stereocenters. The van der Waals surface area contributed by atoms with Gasteiger partial charge in [0.15, 0.2) is 0 Å². The van der Waals surface area contributed by atoms with Gasteiger partial charge in [0.2, 0.25) is 0 Å². The SMILES string of the molecule is [Se][P+](=Nc1ccccc1)Nc1ccccc1. The van der Waals surface area contributed by atoms with Gasteiger partial charge < -0.3 is 0 Å². The summed E-state index contributed by atoms with van der Waals surface area (Å²) in [5, 5.41) is 3.33.